The zero-order chi connectivity index (χ0) is 14.3. The van der Waals surface area contributed by atoms with Crippen LogP contribution in [-0.4, -0.2) is 47.2 Å². The summed E-state index contributed by atoms with van der Waals surface area (Å²) < 4.78 is 0. The van der Waals surface area contributed by atoms with E-state index in [0.717, 1.165) is 12.8 Å². The van der Waals surface area contributed by atoms with Crippen molar-refractivity contribution in [3.63, 3.8) is 0 Å². The van der Waals surface area contributed by atoms with Gasteiger partial charge >= 0.3 is 0 Å². The number of amides is 3. The Morgan fingerprint density at radius 2 is 1.75 bits per heavy atom. The van der Waals surface area contributed by atoms with Gasteiger partial charge in [0, 0.05) is 26.1 Å². The first-order valence-corrected chi connectivity index (χ1v) is 6.80. The van der Waals surface area contributed by atoms with Crippen molar-refractivity contribution in [3.8, 4) is 0 Å². The summed E-state index contributed by atoms with van der Waals surface area (Å²) in [6, 6.07) is 7.12. The SMILES string of the molecule is CN(C(=O)CCN1C(=O)c2ccccc2C1=O)C1CC1. The molecule has 1 aromatic rings. The predicted octanol–water partition coefficient (Wildman–Crippen LogP) is 1.29. The van der Waals surface area contributed by atoms with Crippen molar-refractivity contribution in [3.05, 3.63) is 35.4 Å². The third kappa shape index (κ3) is 2.09. The van der Waals surface area contributed by atoms with Crippen LogP contribution >= 0.6 is 0 Å². The molecule has 0 radical (unpaired) electrons. The van der Waals surface area contributed by atoms with E-state index in [2.05, 4.69) is 0 Å². The fourth-order valence-corrected chi connectivity index (χ4v) is 2.49. The molecule has 1 heterocycles. The van der Waals surface area contributed by atoms with Gasteiger partial charge in [0.15, 0.2) is 0 Å². The fraction of sp³-hybridized carbons (Fsp3) is 0.400. The minimum atomic E-state index is -0.299. The summed E-state index contributed by atoms with van der Waals surface area (Å²) in [7, 11) is 1.78. The zero-order valence-corrected chi connectivity index (χ0v) is 11.3. The summed E-state index contributed by atoms with van der Waals surface area (Å²) in [5.41, 5.74) is 0.862. The van der Waals surface area contributed by atoms with Gasteiger partial charge in [0.2, 0.25) is 5.91 Å². The van der Waals surface area contributed by atoms with Gasteiger partial charge in [-0.3, -0.25) is 19.3 Å². The Kier molecular flexibility index (Phi) is 3.04. The number of hydrogen-bond donors (Lipinski definition) is 0. The number of carbonyl (C=O) groups excluding carboxylic acids is 3. The largest absolute Gasteiger partial charge is 0.343 e. The van der Waals surface area contributed by atoms with Crippen LogP contribution in [0, 0.1) is 0 Å². The van der Waals surface area contributed by atoms with E-state index in [-0.39, 0.29) is 30.7 Å². The van der Waals surface area contributed by atoms with Crippen LogP contribution in [0.3, 0.4) is 0 Å². The molecule has 1 aliphatic heterocycles. The van der Waals surface area contributed by atoms with Gasteiger partial charge in [0.1, 0.15) is 0 Å². The summed E-state index contributed by atoms with van der Waals surface area (Å²) >= 11 is 0. The first-order chi connectivity index (χ1) is 9.59. The second-order valence-corrected chi connectivity index (χ2v) is 5.29. The molecule has 0 N–H and O–H groups in total. The molecule has 0 spiro atoms. The molecule has 20 heavy (non-hydrogen) atoms. The second-order valence-electron chi connectivity index (χ2n) is 5.29. The molecule has 5 nitrogen and oxygen atoms in total. The van der Waals surface area contributed by atoms with Crippen LogP contribution in [0.15, 0.2) is 24.3 Å². The minimum Gasteiger partial charge on any atom is -0.343 e. The van der Waals surface area contributed by atoms with Gasteiger partial charge in [-0.1, -0.05) is 12.1 Å². The van der Waals surface area contributed by atoms with Crippen molar-refractivity contribution in [2.75, 3.05) is 13.6 Å². The highest BCUT2D eigenvalue weighted by molar-refractivity contribution is 6.21. The first kappa shape index (κ1) is 12.8. The molecule has 0 aromatic heterocycles. The monoisotopic (exact) mass is 272 g/mol. The molecular formula is C15H16N2O3. The fourth-order valence-electron chi connectivity index (χ4n) is 2.49. The molecule has 0 saturated heterocycles. The molecule has 2 aliphatic rings. The van der Waals surface area contributed by atoms with E-state index >= 15 is 0 Å². The van der Waals surface area contributed by atoms with Crippen molar-refractivity contribution in [1.82, 2.24) is 9.80 Å². The molecule has 1 aromatic carbocycles. The summed E-state index contributed by atoms with van der Waals surface area (Å²) in [6.45, 7) is 0.155. The van der Waals surface area contributed by atoms with E-state index in [9.17, 15) is 14.4 Å². The molecule has 1 aliphatic carbocycles. The lowest BCUT2D eigenvalue weighted by atomic mass is 10.1. The van der Waals surface area contributed by atoms with Gasteiger partial charge < -0.3 is 4.90 Å². The Morgan fingerprint density at radius 3 is 2.25 bits per heavy atom. The predicted molar refractivity (Wildman–Crippen MR) is 72.2 cm³/mol. The van der Waals surface area contributed by atoms with Crippen molar-refractivity contribution >= 4 is 17.7 Å². The molecule has 5 heteroatoms. The molecule has 3 amide bonds. The van der Waals surface area contributed by atoms with Crippen LogP contribution in [-0.2, 0) is 4.79 Å². The number of fused-ring (bicyclic) bond motifs is 1. The maximum atomic E-state index is 12.1. The summed E-state index contributed by atoms with van der Waals surface area (Å²) in [5, 5.41) is 0. The minimum absolute atomic E-state index is 0.0101. The van der Waals surface area contributed by atoms with Gasteiger partial charge in [0.25, 0.3) is 11.8 Å². The van der Waals surface area contributed by atoms with Gasteiger partial charge in [-0.05, 0) is 25.0 Å². The molecule has 0 atom stereocenters. The highest BCUT2D eigenvalue weighted by Gasteiger charge is 2.36. The summed E-state index contributed by atoms with van der Waals surface area (Å²) in [4.78, 5) is 39.1. The number of hydrogen-bond acceptors (Lipinski definition) is 3. The number of nitrogens with zero attached hydrogens (tertiary/aromatic N) is 2. The number of benzene rings is 1. The van der Waals surface area contributed by atoms with Crippen LogP contribution in [0.1, 0.15) is 40.0 Å². The van der Waals surface area contributed by atoms with E-state index in [4.69, 9.17) is 0 Å². The average molecular weight is 272 g/mol. The molecule has 0 bridgehead atoms. The topological polar surface area (TPSA) is 57.7 Å². The molecule has 1 fully saturated rings. The quantitative estimate of drug-likeness (QED) is 0.776. The lowest BCUT2D eigenvalue weighted by Crippen LogP contribution is -2.36. The molecule has 1 saturated carbocycles. The Labute approximate surface area is 117 Å². The van der Waals surface area contributed by atoms with E-state index in [1.807, 2.05) is 0 Å². The van der Waals surface area contributed by atoms with Crippen molar-refractivity contribution in [2.45, 2.75) is 25.3 Å². The zero-order valence-electron chi connectivity index (χ0n) is 11.3. The molecule has 104 valence electrons. The van der Waals surface area contributed by atoms with Crippen LogP contribution < -0.4 is 0 Å². The van der Waals surface area contributed by atoms with E-state index in [1.165, 1.54) is 4.90 Å². The van der Waals surface area contributed by atoms with Crippen LogP contribution in [0.5, 0.6) is 0 Å². The number of imide groups is 1. The smallest absolute Gasteiger partial charge is 0.261 e. The van der Waals surface area contributed by atoms with Crippen LogP contribution in [0.4, 0.5) is 0 Å². The second kappa shape index (κ2) is 4.74. The highest BCUT2D eigenvalue weighted by Crippen LogP contribution is 2.26. The van der Waals surface area contributed by atoms with Gasteiger partial charge in [-0.15, -0.1) is 0 Å². The number of carbonyl (C=O) groups is 3. The number of rotatable bonds is 4. The van der Waals surface area contributed by atoms with Gasteiger partial charge in [0.05, 0.1) is 11.1 Å². The summed E-state index contributed by atoms with van der Waals surface area (Å²) in [5.74, 6) is -0.607. The lowest BCUT2D eigenvalue weighted by molar-refractivity contribution is -0.130. The van der Waals surface area contributed by atoms with Gasteiger partial charge in [-0.25, -0.2) is 0 Å². The van der Waals surface area contributed by atoms with Gasteiger partial charge in [-0.2, -0.15) is 0 Å². The highest BCUT2D eigenvalue weighted by atomic mass is 16.2. The maximum Gasteiger partial charge on any atom is 0.261 e. The molecule has 0 unspecified atom stereocenters. The average Bonchev–Trinajstić information content (AvgIpc) is 3.27. The molecule has 3 rings (SSSR count). The first-order valence-electron chi connectivity index (χ1n) is 6.80. The van der Waals surface area contributed by atoms with Crippen molar-refractivity contribution in [2.24, 2.45) is 0 Å². The van der Waals surface area contributed by atoms with E-state index < -0.39 is 0 Å². The Bertz CT molecular complexity index is 558. The Morgan fingerprint density at radius 1 is 1.20 bits per heavy atom. The van der Waals surface area contributed by atoms with Crippen LogP contribution in [0.2, 0.25) is 0 Å². The molecular weight excluding hydrogens is 256 g/mol. The van der Waals surface area contributed by atoms with Crippen molar-refractivity contribution in [1.29, 1.82) is 0 Å². The Hall–Kier alpha value is -2.17. The van der Waals surface area contributed by atoms with E-state index in [0.29, 0.717) is 17.2 Å². The Balaban J connectivity index is 1.66. The van der Waals surface area contributed by atoms with Crippen molar-refractivity contribution < 1.29 is 14.4 Å². The summed E-state index contributed by atoms with van der Waals surface area (Å²) in [6.07, 6.45) is 2.29. The van der Waals surface area contributed by atoms with Crippen LogP contribution in [0.25, 0.3) is 0 Å². The maximum absolute atomic E-state index is 12.1. The standard InChI is InChI=1S/C15H16N2O3/c1-16(10-6-7-10)13(18)8-9-17-14(19)11-4-2-3-5-12(11)15(17)20/h2-5,10H,6-9H2,1H3. The third-order valence-corrected chi connectivity index (χ3v) is 3.92. The lowest BCUT2D eigenvalue weighted by Gasteiger charge is -2.18. The third-order valence-electron chi connectivity index (χ3n) is 3.92. The normalized spacial score (nSPS) is 17.4. The van der Waals surface area contributed by atoms with E-state index in [1.54, 1.807) is 36.2 Å².